The summed E-state index contributed by atoms with van der Waals surface area (Å²) in [6.07, 6.45) is 3.17. The summed E-state index contributed by atoms with van der Waals surface area (Å²) in [6.45, 7) is 0.780. The number of anilines is 1. The van der Waals surface area contributed by atoms with E-state index in [0.717, 1.165) is 34.6 Å². The number of thiophene rings is 1. The maximum atomic E-state index is 12.5. The molecule has 2 rings (SSSR count). The Hall–Kier alpha value is -0.390. The molecule has 5 heteroatoms. The van der Waals surface area contributed by atoms with Crippen LogP contribution in [0, 0.1) is 5.41 Å². The third kappa shape index (κ3) is 2.41. The van der Waals surface area contributed by atoms with Crippen LogP contribution < -0.4 is 10.2 Å². The van der Waals surface area contributed by atoms with Crippen molar-refractivity contribution in [2.24, 2.45) is 5.41 Å². The fourth-order valence-electron chi connectivity index (χ4n) is 2.35. The zero-order valence-corrected chi connectivity index (χ0v) is 12.5. The summed E-state index contributed by atoms with van der Waals surface area (Å²) in [4.78, 5) is 14.3. The summed E-state index contributed by atoms with van der Waals surface area (Å²) in [5.74, 6) is 0.243. The second-order valence-electron chi connectivity index (χ2n) is 4.61. The van der Waals surface area contributed by atoms with Crippen molar-refractivity contribution in [2.45, 2.75) is 19.3 Å². The summed E-state index contributed by atoms with van der Waals surface area (Å²) >= 11 is 5.02. The van der Waals surface area contributed by atoms with Gasteiger partial charge in [0.1, 0.15) is 0 Å². The van der Waals surface area contributed by atoms with Gasteiger partial charge in [-0.3, -0.25) is 4.79 Å². The smallest absolute Gasteiger partial charge is 0.234 e. The first kappa shape index (κ1) is 13.1. The first-order valence-corrected chi connectivity index (χ1v) is 7.38. The molecule has 0 bridgehead atoms. The lowest BCUT2D eigenvalue weighted by atomic mass is 9.67. The average molecular weight is 317 g/mol. The highest BCUT2D eigenvalue weighted by Gasteiger charge is 2.45. The standard InChI is InChI=1S/C12H17BrN2OS/c1-14-8-12(6-3-7-12)11(16)15(2)10-5-4-9(13)17-10/h4-5,14H,3,6-8H2,1-2H3. The van der Waals surface area contributed by atoms with Gasteiger partial charge in [0.05, 0.1) is 14.2 Å². The number of rotatable bonds is 4. The Labute approximate surface area is 114 Å². The third-order valence-corrected chi connectivity index (χ3v) is 5.17. The first-order valence-electron chi connectivity index (χ1n) is 5.77. The number of nitrogens with zero attached hydrogens (tertiary/aromatic N) is 1. The first-order chi connectivity index (χ1) is 8.09. The van der Waals surface area contributed by atoms with Crippen molar-refractivity contribution in [3.8, 4) is 0 Å². The second kappa shape index (κ2) is 5.08. The van der Waals surface area contributed by atoms with E-state index in [9.17, 15) is 4.79 Å². The van der Waals surface area contributed by atoms with Crippen LogP contribution in [0.3, 0.4) is 0 Å². The SMILES string of the molecule is CNCC1(C(=O)N(C)c2ccc(Br)s2)CCC1. The molecule has 1 N–H and O–H groups in total. The van der Waals surface area contributed by atoms with Gasteiger partial charge in [-0.15, -0.1) is 11.3 Å². The molecular weight excluding hydrogens is 300 g/mol. The van der Waals surface area contributed by atoms with Gasteiger partial charge in [-0.1, -0.05) is 6.42 Å². The monoisotopic (exact) mass is 316 g/mol. The number of hydrogen-bond donors (Lipinski definition) is 1. The Morgan fingerprint density at radius 3 is 2.71 bits per heavy atom. The summed E-state index contributed by atoms with van der Waals surface area (Å²) in [5.41, 5.74) is -0.167. The topological polar surface area (TPSA) is 32.3 Å². The molecule has 0 radical (unpaired) electrons. The third-order valence-electron chi connectivity index (χ3n) is 3.47. The Morgan fingerprint density at radius 1 is 1.59 bits per heavy atom. The van der Waals surface area contributed by atoms with Gasteiger partial charge in [-0.05, 0) is 48.0 Å². The highest BCUT2D eigenvalue weighted by atomic mass is 79.9. The predicted molar refractivity (Wildman–Crippen MR) is 75.6 cm³/mol. The molecule has 0 aliphatic heterocycles. The van der Waals surface area contributed by atoms with Crippen LogP contribution in [0.25, 0.3) is 0 Å². The molecule has 0 atom stereocenters. The van der Waals surface area contributed by atoms with E-state index in [1.54, 1.807) is 16.2 Å². The Bertz CT molecular complexity index is 414. The number of hydrogen-bond acceptors (Lipinski definition) is 3. The molecule has 1 fully saturated rings. The maximum absolute atomic E-state index is 12.5. The van der Waals surface area contributed by atoms with Crippen molar-refractivity contribution in [1.82, 2.24) is 5.32 Å². The molecule has 1 amide bonds. The van der Waals surface area contributed by atoms with E-state index < -0.39 is 0 Å². The van der Waals surface area contributed by atoms with E-state index in [1.165, 1.54) is 0 Å². The van der Waals surface area contributed by atoms with Crippen LogP contribution in [0.4, 0.5) is 5.00 Å². The van der Waals surface area contributed by atoms with Crippen LogP contribution in [0.15, 0.2) is 15.9 Å². The number of nitrogens with one attached hydrogen (secondary N) is 1. The van der Waals surface area contributed by atoms with Crippen molar-refractivity contribution in [3.63, 3.8) is 0 Å². The van der Waals surface area contributed by atoms with Gasteiger partial charge in [0.25, 0.3) is 0 Å². The summed E-state index contributed by atoms with van der Waals surface area (Å²) in [5, 5.41) is 4.15. The molecule has 1 aromatic heterocycles. The molecule has 0 unspecified atom stereocenters. The predicted octanol–water partition coefficient (Wildman–Crippen LogP) is 2.86. The number of carbonyl (C=O) groups is 1. The van der Waals surface area contributed by atoms with Crippen molar-refractivity contribution in [2.75, 3.05) is 25.5 Å². The maximum Gasteiger partial charge on any atom is 0.234 e. The molecule has 0 aromatic carbocycles. The van der Waals surface area contributed by atoms with Gasteiger partial charge >= 0.3 is 0 Å². The Kier molecular flexibility index (Phi) is 3.90. The van der Waals surface area contributed by atoms with Crippen molar-refractivity contribution in [1.29, 1.82) is 0 Å². The fourth-order valence-corrected chi connectivity index (χ4v) is 3.67. The lowest BCUT2D eigenvalue weighted by molar-refractivity contribution is -0.132. The molecule has 0 saturated heterocycles. The van der Waals surface area contributed by atoms with Gasteiger partial charge in [0, 0.05) is 13.6 Å². The van der Waals surface area contributed by atoms with E-state index in [4.69, 9.17) is 0 Å². The molecule has 1 saturated carbocycles. The number of halogens is 1. The molecule has 1 aliphatic carbocycles. The van der Waals surface area contributed by atoms with Crippen molar-refractivity contribution >= 4 is 38.2 Å². The summed E-state index contributed by atoms with van der Waals surface area (Å²) < 4.78 is 1.06. The highest BCUT2D eigenvalue weighted by molar-refractivity contribution is 9.11. The van der Waals surface area contributed by atoms with Gasteiger partial charge in [-0.2, -0.15) is 0 Å². The Balaban J connectivity index is 2.13. The largest absolute Gasteiger partial charge is 0.319 e. The minimum atomic E-state index is -0.167. The van der Waals surface area contributed by atoms with Crippen LogP contribution in [0.1, 0.15) is 19.3 Å². The van der Waals surface area contributed by atoms with Crippen molar-refractivity contribution in [3.05, 3.63) is 15.9 Å². The minimum absolute atomic E-state index is 0.167. The average Bonchev–Trinajstić information content (AvgIpc) is 2.68. The zero-order valence-electron chi connectivity index (χ0n) is 10.1. The molecule has 17 heavy (non-hydrogen) atoms. The summed E-state index contributed by atoms with van der Waals surface area (Å²) in [7, 11) is 3.78. The minimum Gasteiger partial charge on any atom is -0.319 e. The van der Waals surface area contributed by atoms with E-state index >= 15 is 0 Å². The van der Waals surface area contributed by atoms with Gasteiger partial charge in [0.15, 0.2) is 0 Å². The van der Waals surface area contributed by atoms with Crippen LogP contribution in [-0.2, 0) is 4.79 Å². The molecule has 1 heterocycles. The lowest BCUT2D eigenvalue weighted by Crippen LogP contribution is -2.51. The van der Waals surface area contributed by atoms with E-state index in [2.05, 4.69) is 21.2 Å². The van der Waals surface area contributed by atoms with E-state index in [-0.39, 0.29) is 11.3 Å². The molecule has 1 aliphatic rings. The quantitative estimate of drug-likeness (QED) is 0.926. The highest BCUT2D eigenvalue weighted by Crippen LogP contribution is 2.43. The fraction of sp³-hybridized carbons (Fsp3) is 0.583. The van der Waals surface area contributed by atoms with Crippen LogP contribution in [0.5, 0.6) is 0 Å². The molecule has 94 valence electrons. The zero-order chi connectivity index (χ0) is 12.5. The van der Waals surface area contributed by atoms with Crippen molar-refractivity contribution < 1.29 is 4.79 Å². The van der Waals surface area contributed by atoms with E-state index in [0.29, 0.717) is 0 Å². The molecule has 1 aromatic rings. The van der Waals surface area contributed by atoms with Crippen LogP contribution >= 0.6 is 27.3 Å². The number of carbonyl (C=O) groups excluding carboxylic acids is 1. The van der Waals surface area contributed by atoms with Gasteiger partial charge < -0.3 is 10.2 Å². The normalized spacial score (nSPS) is 17.6. The lowest BCUT2D eigenvalue weighted by Gasteiger charge is -2.42. The molecule has 3 nitrogen and oxygen atoms in total. The van der Waals surface area contributed by atoms with Gasteiger partial charge in [0.2, 0.25) is 5.91 Å². The van der Waals surface area contributed by atoms with E-state index in [1.807, 2.05) is 26.2 Å². The Morgan fingerprint density at radius 2 is 2.29 bits per heavy atom. The van der Waals surface area contributed by atoms with Gasteiger partial charge in [-0.25, -0.2) is 0 Å². The summed E-state index contributed by atoms with van der Waals surface area (Å²) in [6, 6.07) is 3.97. The second-order valence-corrected chi connectivity index (χ2v) is 7.05. The molecule has 0 spiro atoms. The number of amides is 1. The van der Waals surface area contributed by atoms with Crippen LogP contribution in [0.2, 0.25) is 0 Å². The van der Waals surface area contributed by atoms with Crippen LogP contribution in [-0.4, -0.2) is 26.5 Å². The molecular formula is C12H17BrN2OS.